The van der Waals surface area contributed by atoms with Crippen molar-refractivity contribution in [2.24, 2.45) is 0 Å². The number of benzene rings is 1. The molecule has 20 heavy (non-hydrogen) atoms. The van der Waals surface area contributed by atoms with Crippen LogP contribution in [-0.2, 0) is 10.2 Å². The molecule has 0 spiro atoms. The fraction of sp³-hybridized carbons (Fsp3) is 0.562. The predicted octanol–water partition coefficient (Wildman–Crippen LogP) is 2.54. The Hall–Kier alpha value is -1.06. The van der Waals surface area contributed by atoms with Crippen LogP contribution < -0.4 is 0 Å². The zero-order valence-electron chi connectivity index (χ0n) is 11.9. The van der Waals surface area contributed by atoms with Crippen LogP contribution in [0.4, 0.5) is 0 Å². The van der Waals surface area contributed by atoms with Crippen LogP contribution in [0, 0.1) is 0 Å². The second-order valence-electron chi connectivity index (χ2n) is 5.82. The predicted molar refractivity (Wildman–Crippen MR) is 81.1 cm³/mol. The number of halogens is 1. The number of carbonyl (C=O) groups is 1. The van der Waals surface area contributed by atoms with Crippen LogP contribution in [0.25, 0.3) is 0 Å². The molecule has 1 saturated carbocycles. The summed E-state index contributed by atoms with van der Waals surface area (Å²) in [5.74, 6) is 0.315. The Kier molecular flexibility index (Phi) is 3.74. The monoisotopic (exact) mass is 292 g/mol. The summed E-state index contributed by atoms with van der Waals surface area (Å²) in [5, 5.41) is 0.730. The van der Waals surface area contributed by atoms with Gasteiger partial charge in [-0.2, -0.15) is 0 Å². The van der Waals surface area contributed by atoms with Gasteiger partial charge in [0.1, 0.15) is 0 Å². The van der Waals surface area contributed by atoms with E-state index in [0.29, 0.717) is 5.91 Å². The average molecular weight is 293 g/mol. The molecule has 108 valence electrons. The van der Waals surface area contributed by atoms with Gasteiger partial charge in [-0.15, -0.1) is 0 Å². The van der Waals surface area contributed by atoms with E-state index in [1.165, 1.54) is 0 Å². The van der Waals surface area contributed by atoms with E-state index in [4.69, 9.17) is 11.6 Å². The normalized spacial score (nSPS) is 21.8. The molecule has 1 aliphatic carbocycles. The number of hydrogen-bond acceptors (Lipinski definition) is 2. The van der Waals surface area contributed by atoms with E-state index in [1.54, 1.807) is 0 Å². The number of carbonyl (C=O) groups excluding carboxylic acids is 1. The molecule has 2 aliphatic rings. The molecule has 0 N–H and O–H groups in total. The van der Waals surface area contributed by atoms with Gasteiger partial charge < -0.3 is 9.80 Å². The minimum atomic E-state index is -0.251. The maximum atomic E-state index is 12.8. The van der Waals surface area contributed by atoms with Gasteiger partial charge in [0.25, 0.3) is 0 Å². The van der Waals surface area contributed by atoms with Crippen molar-refractivity contribution in [1.29, 1.82) is 0 Å². The van der Waals surface area contributed by atoms with E-state index >= 15 is 0 Å². The highest BCUT2D eigenvalue weighted by Gasteiger charge is 2.53. The molecule has 0 aromatic heterocycles. The Bertz CT molecular complexity index is 488. The van der Waals surface area contributed by atoms with Gasteiger partial charge in [0.05, 0.1) is 5.41 Å². The van der Waals surface area contributed by atoms with E-state index < -0.39 is 0 Å². The Balaban J connectivity index is 1.72. The summed E-state index contributed by atoms with van der Waals surface area (Å²) in [7, 11) is 0. The van der Waals surface area contributed by atoms with Gasteiger partial charge in [0.15, 0.2) is 0 Å². The van der Waals surface area contributed by atoms with Crippen molar-refractivity contribution in [2.45, 2.75) is 25.2 Å². The van der Waals surface area contributed by atoms with Gasteiger partial charge in [-0.05, 0) is 37.1 Å². The largest absolute Gasteiger partial charge is 0.339 e. The molecular weight excluding hydrogens is 272 g/mol. The van der Waals surface area contributed by atoms with Crippen molar-refractivity contribution < 1.29 is 4.79 Å². The molecular formula is C16H21ClN2O. The lowest BCUT2D eigenvalue weighted by Crippen LogP contribution is -2.51. The summed E-state index contributed by atoms with van der Waals surface area (Å²) in [6.07, 6.45) is 1.95. The standard InChI is InChI=1S/C16H21ClN2O/c1-2-18-9-11-19(12-10-18)15(20)16(7-8-16)13-3-5-14(17)6-4-13/h3-6H,2,7-12H2,1H3. The van der Waals surface area contributed by atoms with Crippen molar-refractivity contribution in [3.63, 3.8) is 0 Å². The van der Waals surface area contributed by atoms with Crippen molar-refractivity contribution in [1.82, 2.24) is 9.80 Å². The molecule has 1 aromatic rings. The minimum absolute atomic E-state index is 0.251. The van der Waals surface area contributed by atoms with Crippen LogP contribution in [0.15, 0.2) is 24.3 Å². The molecule has 0 atom stereocenters. The van der Waals surface area contributed by atoms with E-state index in [-0.39, 0.29) is 5.41 Å². The van der Waals surface area contributed by atoms with E-state index in [1.807, 2.05) is 29.2 Å². The third-order valence-corrected chi connectivity index (χ3v) is 4.91. The molecule has 0 radical (unpaired) electrons. The minimum Gasteiger partial charge on any atom is -0.339 e. The summed E-state index contributed by atoms with van der Waals surface area (Å²) in [6, 6.07) is 7.80. The Morgan fingerprint density at radius 1 is 1.15 bits per heavy atom. The van der Waals surface area contributed by atoms with Crippen LogP contribution in [0.2, 0.25) is 5.02 Å². The van der Waals surface area contributed by atoms with E-state index in [9.17, 15) is 4.79 Å². The fourth-order valence-corrected chi connectivity index (χ4v) is 3.22. The molecule has 1 aliphatic heterocycles. The second kappa shape index (κ2) is 5.38. The van der Waals surface area contributed by atoms with Crippen LogP contribution in [-0.4, -0.2) is 48.4 Å². The van der Waals surface area contributed by atoms with Crippen LogP contribution >= 0.6 is 11.6 Å². The number of hydrogen-bond donors (Lipinski definition) is 0. The van der Waals surface area contributed by atoms with Gasteiger partial charge in [-0.1, -0.05) is 30.7 Å². The quantitative estimate of drug-likeness (QED) is 0.855. The highest BCUT2D eigenvalue weighted by molar-refractivity contribution is 6.30. The second-order valence-corrected chi connectivity index (χ2v) is 6.25. The molecule has 2 fully saturated rings. The maximum Gasteiger partial charge on any atom is 0.233 e. The molecule has 0 bridgehead atoms. The zero-order valence-corrected chi connectivity index (χ0v) is 12.7. The molecule has 1 heterocycles. The van der Waals surface area contributed by atoms with Crippen molar-refractivity contribution in [3.05, 3.63) is 34.9 Å². The van der Waals surface area contributed by atoms with Gasteiger partial charge in [0.2, 0.25) is 5.91 Å². The average Bonchev–Trinajstić information content (AvgIpc) is 3.29. The summed E-state index contributed by atoms with van der Waals surface area (Å²) >= 11 is 5.94. The third-order valence-electron chi connectivity index (χ3n) is 4.66. The Labute approximate surface area is 125 Å². The third kappa shape index (κ3) is 2.45. The van der Waals surface area contributed by atoms with Crippen molar-refractivity contribution >= 4 is 17.5 Å². The van der Waals surface area contributed by atoms with Gasteiger partial charge in [-0.25, -0.2) is 0 Å². The number of amides is 1. The molecule has 1 aromatic carbocycles. The highest BCUT2D eigenvalue weighted by Crippen LogP contribution is 2.49. The SMILES string of the molecule is CCN1CCN(C(=O)C2(c3ccc(Cl)cc3)CC2)CC1. The first-order valence-electron chi connectivity index (χ1n) is 7.43. The summed E-state index contributed by atoms with van der Waals surface area (Å²) < 4.78 is 0. The Morgan fingerprint density at radius 2 is 1.75 bits per heavy atom. The smallest absolute Gasteiger partial charge is 0.233 e. The van der Waals surface area contributed by atoms with Crippen LogP contribution in [0.5, 0.6) is 0 Å². The van der Waals surface area contributed by atoms with Crippen molar-refractivity contribution in [3.8, 4) is 0 Å². The van der Waals surface area contributed by atoms with Crippen LogP contribution in [0.3, 0.4) is 0 Å². The molecule has 3 nitrogen and oxygen atoms in total. The highest BCUT2D eigenvalue weighted by atomic mass is 35.5. The number of piperazine rings is 1. The molecule has 3 rings (SSSR count). The summed E-state index contributed by atoms with van der Waals surface area (Å²) in [4.78, 5) is 17.3. The number of rotatable bonds is 3. The van der Waals surface area contributed by atoms with Gasteiger partial charge in [-0.3, -0.25) is 4.79 Å². The summed E-state index contributed by atoms with van der Waals surface area (Å²) in [6.45, 7) is 6.97. The zero-order chi connectivity index (χ0) is 14.2. The topological polar surface area (TPSA) is 23.6 Å². The maximum absolute atomic E-state index is 12.8. The summed E-state index contributed by atoms with van der Waals surface area (Å²) in [5.41, 5.74) is 0.878. The molecule has 1 saturated heterocycles. The first-order chi connectivity index (χ1) is 9.65. The van der Waals surface area contributed by atoms with E-state index in [2.05, 4.69) is 11.8 Å². The number of nitrogens with zero attached hydrogens (tertiary/aromatic N) is 2. The lowest BCUT2D eigenvalue weighted by atomic mass is 9.94. The first kappa shape index (κ1) is 13.9. The molecule has 0 unspecified atom stereocenters. The fourth-order valence-electron chi connectivity index (χ4n) is 3.09. The number of likely N-dealkylation sites (N-methyl/N-ethyl adjacent to an activating group) is 1. The Morgan fingerprint density at radius 3 is 2.25 bits per heavy atom. The van der Waals surface area contributed by atoms with Crippen molar-refractivity contribution in [2.75, 3.05) is 32.7 Å². The first-order valence-corrected chi connectivity index (χ1v) is 7.81. The lowest BCUT2D eigenvalue weighted by molar-refractivity contribution is -0.135. The molecule has 1 amide bonds. The molecule has 4 heteroatoms. The lowest BCUT2D eigenvalue weighted by Gasteiger charge is -2.36. The van der Waals surface area contributed by atoms with Gasteiger partial charge in [0, 0.05) is 31.2 Å². The van der Waals surface area contributed by atoms with Crippen LogP contribution in [0.1, 0.15) is 25.3 Å². The van der Waals surface area contributed by atoms with E-state index in [0.717, 1.165) is 56.2 Å². The van der Waals surface area contributed by atoms with Gasteiger partial charge >= 0.3 is 0 Å².